The first-order chi connectivity index (χ1) is 13.0. The predicted octanol–water partition coefficient (Wildman–Crippen LogP) is 3.89. The second-order valence-corrected chi connectivity index (χ2v) is 6.67. The molecule has 0 unspecified atom stereocenters. The van der Waals surface area contributed by atoms with Crippen molar-refractivity contribution in [1.82, 2.24) is 0 Å². The lowest BCUT2D eigenvalue weighted by Gasteiger charge is -2.07. The molecule has 3 aromatic rings. The molecule has 1 heterocycles. The Bertz CT molecular complexity index is 1070. The van der Waals surface area contributed by atoms with Crippen molar-refractivity contribution in [3.05, 3.63) is 64.0 Å². The maximum Gasteiger partial charge on any atom is 0.348 e. The summed E-state index contributed by atoms with van der Waals surface area (Å²) in [7, 11) is 0. The predicted molar refractivity (Wildman–Crippen MR) is 102 cm³/mol. The van der Waals surface area contributed by atoms with E-state index in [2.05, 4.69) is 0 Å². The average Bonchev–Trinajstić information content (AvgIpc) is 3.01. The van der Waals surface area contributed by atoms with E-state index in [1.807, 2.05) is 36.4 Å². The van der Waals surface area contributed by atoms with Gasteiger partial charge in [0.1, 0.15) is 22.6 Å². The summed E-state index contributed by atoms with van der Waals surface area (Å²) >= 11 is 0.952. The zero-order valence-corrected chi connectivity index (χ0v) is 15.3. The Morgan fingerprint density at radius 3 is 2.56 bits per heavy atom. The number of nitrogens with two attached hydrogens (primary N) is 1. The first kappa shape index (κ1) is 18.4. The molecule has 27 heavy (non-hydrogen) atoms. The van der Waals surface area contributed by atoms with Crippen molar-refractivity contribution in [2.24, 2.45) is 0 Å². The highest BCUT2D eigenvalue weighted by Gasteiger charge is 2.24. The van der Waals surface area contributed by atoms with Crippen LogP contribution in [-0.2, 0) is 16.1 Å². The zero-order valence-electron chi connectivity index (χ0n) is 14.5. The molecular formula is C20H16N2O4S. The summed E-state index contributed by atoms with van der Waals surface area (Å²) in [6.45, 7) is 1.63. The SMILES string of the molecule is CCOC(=O)c1sc(N)c(C#N)c1COC(=O)c1ccc2ccccc2c1. The molecule has 0 saturated heterocycles. The fourth-order valence-corrected chi connectivity index (χ4v) is 3.56. The molecule has 0 saturated carbocycles. The summed E-state index contributed by atoms with van der Waals surface area (Å²) in [5, 5.41) is 11.4. The molecule has 0 aliphatic heterocycles. The number of fused-ring (bicyclic) bond motifs is 1. The van der Waals surface area contributed by atoms with Crippen molar-refractivity contribution in [2.75, 3.05) is 12.3 Å². The van der Waals surface area contributed by atoms with Crippen molar-refractivity contribution in [2.45, 2.75) is 13.5 Å². The van der Waals surface area contributed by atoms with Crippen LogP contribution in [0, 0.1) is 11.3 Å². The second kappa shape index (κ2) is 7.89. The number of esters is 2. The molecule has 3 rings (SSSR count). The molecule has 6 nitrogen and oxygen atoms in total. The Labute approximate surface area is 159 Å². The van der Waals surface area contributed by atoms with E-state index in [1.165, 1.54) is 0 Å². The number of carbonyl (C=O) groups is 2. The fourth-order valence-electron chi connectivity index (χ4n) is 2.64. The summed E-state index contributed by atoms with van der Waals surface area (Å²) in [6, 6.07) is 14.8. The number of thiophene rings is 1. The summed E-state index contributed by atoms with van der Waals surface area (Å²) in [4.78, 5) is 24.7. The number of hydrogen-bond donors (Lipinski definition) is 1. The van der Waals surface area contributed by atoms with Crippen molar-refractivity contribution in [3.8, 4) is 6.07 Å². The molecule has 0 atom stereocenters. The van der Waals surface area contributed by atoms with Gasteiger partial charge in [-0.25, -0.2) is 9.59 Å². The monoisotopic (exact) mass is 380 g/mol. The second-order valence-electron chi connectivity index (χ2n) is 5.62. The van der Waals surface area contributed by atoms with Crippen LogP contribution in [0.25, 0.3) is 10.8 Å². The Morgan fingerprint density at radius 1 is 1.11 bits per heavy atom. The lowest BCUT2D eigenvalue weighted by atomic mass is 10.1. The molecule has 0 aliphatic rings. The molecule has 0 fully saturated rings. The average molecular weight is 380 g/mol. The van der Waals surface area contributed by atoms with E-state index in [9.17, 15) is 14.9 Å². The number of ether oxygens (including phenoxy) is 2. The van der Waals surface area contributed by atoms with Gasteiger partial charge >= 0.3 is 11.9 Å². The first-order valence-corrected chi connectivity index (χ1v) is 9.01. The minimum Gasteiger partial charge on any atom is -0.462 e. The van der Waals surface area contributed by atoms with Gasteiger partial charge in [0.25, 0.3) is 0 Å². The van der Waals surface area contributed by atoms with Gasteiger partial charge in [0.15, 0.2) is 0 Å². The quantitative estimate of drug-likeness (QED) is 0.674. The van der Waals surface area contributed by atoms with Crippen LogP contribution in [0.3, 0.4) is 0 Å². The van der Waals surface area contributed by atoms with Crippen LogP contribution >= 0.6 is 11.3 Å². The third-order valence-corrected chi connectivity index (χ3v) is 4.98. The van der Waals surface area contributed by atoms with E-state index in [-0.39, 0.29) is 34.2 Å². The van der Waals surface area contributed by atoms with Gasteiger partial charge in [0, 0.05) is 5.56 Å². The molecule has 0 spiro atoms. The van der Waals surface area contributed by atoms with Crippen LogP contribution in [0.15, 0.2) is 42.5 Å². The summed E-state index contributed by atoms with van der Waals surface area (Å²) in [5.74, 6) is -1.14. The standard InChI is InChI=1S/C20H16N2O4S/c1-2-25-20(24)17-16(15(10-21)18(22)27-17)11-26-19(23)14-8-7-12-5-3-4-6-13(12)9-14/h3-9H,2,11,22H2,1H3. The van der Waals surface area contributed by atoms with Gasteiger partial charge in [-0.05, 0) is 29.8 Å². The Balaban J connectivity index is 1.84. The number of nitrogens with zero attached hydrogens (tertiary/aromatic N) is 1. The molecule has 0 amide bonds. The smallest absolute Gasteiger partial charge is 0.348 e. The Kier molecular flexibility index (Phi) is 5.38. The number of carbonyl (C=O) groups excluding carboxylic acids is 2. The van der Waals surface area contributed by atoms with E-state index >= 15 is 0 Å². The lowest BCUT2D eigenvalue weighted by molar-refractivity contribution is 0.0453. The molecule has 136 valence electrons. The van der Waals surface area contributed by atoms with Crippen LogP contribution < -0.4 is 5.73 Å². The number of nitrogen functional groups attached to an aromatic ring is 1. The molecule has 0 bridgehead atoms. The van der Waals surface area contributed by atoms with Crippen LogP contribution in [0.1, 0.15) is 38.1 Å². The van der Waals surface area contributed by atoms with Gasteiger partial charge < -0.3 is 15.2 Å². The summed E-state index contributed by atoms with van der Waals surface area (Å²) in [5.41, 5.74) is 6.60. The highest BCUT2D eigenvalue weighted by atomic mass is 32.1. The van der Waals surface area contributed by atoms with Crippen LogP contribution in [-0.4, -0.2) is 18.5 Å². The van der Waals surface area contributed by atoms with E-state index in [0.29, 0.717) is 5.56 Å². The molecular weight excluding hydrogens is 364 g/mol. The van der Waals surface area contributed by atoms with Gasteiger partial charge in [0.2, 0.25) is 0 Å². The molecule has 0 aliphatic carbocycles. The zero-order chi connectivity index (χ0) is 19.4. The summed E-state index contributed by atoms with van der Waals surface area (Å²) < 4.78 is 10.3. The van der Waals surface area contributed by atoms with Crippen molar-refractivity contribution in [1.29, 1.82) is 5.26 Å². The van der Waals surface area contributed by atoms with Crippen LogP contribution in [0.2, 0.25) is 0 Å². The minimum atomic E-state index is -0.590. The Hall–Kier alpha value is -3.37. The summed E-state index contributed by atoms with van der Waals surface area (Å²) in [6.07, 6.45) is 0. The van der Waals surface area contributed by atoms with Gasteiger partial charge in [0.05, 0.1) is 17.7 Å². The molecule has 7 heteroatoms. The van der Waals surface area contributed by atoms with Crippen molar-refractivity contribution < 1.29 is 19.1 Å². The van der Waals surface area contributed by atoms with Gasteiger partial charge in [-0.1, -0.05) is 30.3 Å². The van der Waals surface area contributed by atoms with Crippen molar-refractivity contribution in [3.63, 3.8) is 0 Å². The van der Waals surface area contributed by atoms with E-state index in [4.69, 9.17) is 15.2 Å². The lowest BCUT2D eigenvalue weighted by Crippen LogP contribution is -2.10. The first-order valence-electron chi connectivity index (χ1n) is 8.19. The van der Waals surface area contributed by atoms with Crippen molar-refractivity contribution >= 4 is 39.0 Å². The number of hydrogen-bond acceptors (Lipinski definition) is 7. The van der Waals surface area contributed by atoms with E-state index in [1.54, 1.807) is 19.1 Å². The topological polar surface area (TPSA) is 102 Å². The van der Waals surface area contributed by atoms with Crippen LogP contribution in [0.5, 0.6) is 0 Å². The Morgan fingerprint density at radius 2 is 1.85 bits per heavy atom. The number of nitriles is 1. The third-order valence-electron chi connectivity index (χ3n) is 3.94. The number of rotatable bonds is 5. The largest absolute Gasteiger partial charge is 0.462 e. The maximum absolute atomic E-state index is 12.4. The minimum absolute atomic E-state index is 0.134. The highest BCUT2D eigenvalue weighted by Crippen LogP contribution is 2.32. The van der Waals surface area contributed by atoms with E-state index < -0.39 is 11.9 Å². The highest BCUT2D eigenvalue weighted by molar-refractivity contribution is 7.18. The van der Waals surface area contributed by atoms with Crippen LogP contribution in [0.4, 0.5) is 5.00 Å². The molecule has 0 radical (unpaired) electrons. The number of benzene rings is 2. The molecule has 2 N–H and O–H groups in total. The van der Waals surface area contributed by atoms with E-state index in [0.717, 1.165) is 22.1 Å². The fraction of sp³-hybridized carbons (Fsp3) is 0.150. The van der Waals surface area contributed by atoms with Gasteiger partial charge in [-0.15, -0.1) is 11.3 Å². The van der Waals surface area contributed by atoms with Gasteiger partial charge in [-0.2, -0.15) is 5.26 Å². The van der Waals surface area contributed by atoms with Gasteiger partial charge in [-0.3, -0.25) is 0 Å². The number of anilines is 1. The molecule has 2 aromatic carbocycles. The molecule has 1 aromatic heterocycles. The third kappa shape index (κ3) is 3.76. The maximum atomic E-state index is 12.4. The normalized spacial score (nSPS) is 10.4.